The Morgan fingerprint density at radius 3 is 2.43 bits per heavy atom. The normalized spacial score (nSPS) is 10.4. The Bertz CT molecular complexity index is 700. The van der Waals surface area contributed by atoms with Gasteiger partial charge in [0.2, 0.25) is 5.78 Å². The predicted molar refractivity (Wildman–Crippen MR) is 77.6 cm³/mol. The molecule has 0 saturated heterocycles. The molecular formula is C16H17NO4. The second-order valence-electron chi connectivity index (χ2n) is 4.86. The Balaban J connectivity index is 2.06. The minimum atomic E-state index is -0.716. The van der Waals surface area contributed by atoms with Crippen molar-refractivity contribution in [2.24, 2.45) is 7.05 Å². The van der Waals surface area contributed by atoms with Crippen LogP contribution in [0.25, 0.3) is 0 Å². The number of ketones is 1. The summed E-state index contributed by atoms with van der Waals surface area (Å²) in [5.74, 6) is -1.14. The number of aromatic hydroxyl groups is 1. The van der Waals surface area contributed by atoms with Gasteiger partial charge in [-0.15, -0.1) is 0 Å². The maximum atomic E-state index is 12.1. The van der Waals surface area contributed by atoms with Gasteiger partial charge < -0.3 is 14.4 Å². The molecule has 0 unspecified atom stereocenters. The summed E-state index contributed by atoms with van der Waals surface area (Å²) in [5.41, 5.74) is 2.38. The molecule has 0 amide bonds. The van der Waals surface area contributed by atoms with Crippen LogP contribution in [-0.4, -0.2) is 28.0 Å². The first-order chi connectivity index (χ1) is 9.91. The number of phenols is 1. The van der Waals surface area contributed by atoms with Gasteiger partial charge in [-0.05, 0) is 32.0 Å². The van der Waals surface area contributed by atoms with Crippen LogP contribution in [0.4, 0.5) is 0 Å². The van der Waals surface area contributed by atoms with Crippen LogP contribution in [0.15, 0.2) is 30.3 Å². The van der Waals surface area contributed by atoms with Crippen LogP contribution in [0.1, 0.15) is 32.1 Å². The van der Waals surface area contributed by atoms with Gasteiger partial charge >= 0.3 is 5.97 Å². The van der Waals surface area contributed by atoms with Crippen molar-refractivity contribution in [2.75, 3.05) is 6.61 Å². The molecule has 0 atom stereocenters. The van der Waals surface area contributed by atoms with Crippen molar-refractivity contribution in [1.82, 2.24) is 4.57 Å². The molecule has 110 valence electrons. The third kappa shape index (κ3) is 2.97. The standard InChI is InChI=1S/C16H17NO4/c1-10-8-13(11(2)17(10)3)15(19)9-21-16(20)12-6-4-5-7-14(12)18/h4-8,18H,9H2,1-3H3. The zero-order valence-electron chi connectivity index (χ0n) is 12.2. The Morgan fingerprint density at radius 2 is 1.86 bits per heavy atom. The first-order valence-electron chi connectivity index (χ1n) is 6.53. The van der Waals surface area contributed by atoms with Gasteiger partial charge in [-0.1, -0.05) is 12.1 Å². The van der Waals surface area contributed by atoms with Gasteiger partial charge in [0.1, 0.15) is 11.3 Å². The molecule has 0 radical (unpaired) electrons. The Kier molecular flexibility index (Phi) is 4.12. The first kappa shape index (κ1) is 14.8. The monoisotopic (exact) mass is 287 g/mol. The number of carbonyl (C=O) groups is 2. The molecule has 1 heterocycles. The Hall–Kier alpha value is -2.56. The van der Waals surface area contributed by atoms with E-state index < -0.39 is 5.97 Å². The van der Waals surface area contributed by atoms with Crippen LogP contribution < -0.4 is 0 Å². The van der Waals surface area contributed by atoms with E-state index in [-0.39, 0.29) is 23.7 Å². The molecule has 2 rings (SSSR count). The van der Waals surface area contributed by atoms with E-state index in [1.54, 1.807) is 18.2 Å². The Morgan fingerprint density at radius 1 is 1.19 bits per heavy atom. The summed E-state index contributed by atoms with van der Waals surface area (Å²) in [6, 6.07) is 7.82. The van der Waals surface area contributed by atoms with E-state index in [1.165, 1.54) is 12.1 Å². The molecule has 0 aliphatic rings. The van der Waals surface area contributed by atoms with Crippen LogP contribution >= 0.6 is 0 Å². The highest BCUT2D eigenvalue weighted by molar-refractivity contribution is 6.00. The van der Waals surface area contributed by atoms with Gasteiger partial charge in [0.05, 0.1) is 0 Å². The molecule has 0 aliphatic heterocycles. The largest absolute Gasteiger partial charge is 0.507 e. The van der Waals surface area contributed by atoms with E-state index >= 15 is 0 Å². The van der Waals surface area contributed by atoms with Crippen molar-refractivity contribution in [3.05, 3.63) is 52.8 Å². The number of rotatable bonds is 4. The maximum absolute atomic E-state index is 12.1. The summed E-state index contributed by atoms with van der Waals surface area (Å²) in [6.07, 6.45) is 0. The number of hydrogen-bond donors (Lipinski definition) is 1. The number of carbonyl (C=O) groups excluding carboxylic acids is 2. The average Bonchev–Trinajstić information content (AvgIpc) is 2.72. The fourth-order valence-electron chi connectivity index (χ4n) is 2.07. The van der Waals surface area contributed by atoms with Crippen molar-refractivity contribution < 1.29 is 19.4 Å². The van der Waals surface area contributed by atoms with Crippen LogP contribution in [0, 0.1) is 13.8 Å². The van der Waals surface area contributed by atoms with Crippen LogP contribution in [0.2, 0.25) is 0 Å². The summed E-state index contributed by atoms with van der Waals surface area (Å²) in [6.45, 7) is 3.39. The van der Waals surface area contributed by atoms with E-state index in [1.807, 2.05) is 25.5 Å². The molecular weight excluding hydrogens is 270 g/mol. The van der Waals surface area contributed by atoms with Gasteiger partial charge in [0, 0.05) is 24.0 Å². The summed E-state index contributed by atoms with van der Waals surface area (Å²) in [7, 11) is 1.87. The number of ether oxygens (including phenoxy) is 1. The lowest BCUT2D eigenvalue weighted by Gasteiger charge is -2.06. The zero-order valence-corrected chi connectivity index (χ0v) is 12.2. The second-order valence-corrected chi connectivity index (χ2v) is 4.86. The molecule has 21 heavy (non-hydrogen) atoms. The molecule has 5 nitrogen and oxygen atoms in total. The quantitative estimate of drug-likeness (QED) is 0.692. The van der Waals surface area contributed by atoms with E-state index in [9.17, 15) is 14.7 Å². The number of benzene rings is 1. The van der Waals surface area contributed by atoms with E-state index in [0.29, 0.717) is 5.56 Å². The molecule has 0 bridgehead atoms. The summed E-state index contributed by atoms with van der Waals surface area (Å²) >= 11 is 0. The molecule has 0 aliphatic carbocycles. The second kappa shape index (κ2) is 5.83. The molecule has 5 heteroatoms. The maximum Gasteiger partial charge on any atom is 0.342 e. The van der Waals surface area contributed by atoms with Crippen molar-refractivity contribution in [3.8, 4) is 5.75 Å². The molecule has 0 spiro atoms. The highest BCUT2D eigenvalue weighted by Crippen LogP contribution is 2.17. The SMILES string of the molecule is Cc1cc(C(=O)COC(=O)c2ccccc2O)c(C)n1C. The summed E-state index contributed by atoms with van der Waals surface area (Å²) < 4.78 is 6.87. The lowest BCUT2D eigenvalue weighted by molar-refractivity contribution is 0.0471. The fourth-order valence-corrected chi connectivity index (χ4v) is 2.07. The van der Waals surface area contributed by atoms with Crippen molar-refractivity contribution in [3.63, 3.8) is 0 Å². The molecule has 1 aromatic carbocycles. The zero-order chi connectivity index (χ0) is 15.6. The molecule has 2 aromatic rings. The van der Waals surface area contributed by atoms with Gasteiger partial charge in [-0.25, -0.2) is 4.79 Å². The Labute approximate surface area is 122 Å². The number of hydrogen-bond acceptors (Lipinski definition) is 4. The number of aryl methyl sites for hydroxylation is 1. The van der Waals surface area contributed by atoms with Gasteiger partial charge in [-0.2, -0.15) is 0 Å². The lowest BCUT2D eigenvalue weighted by Crippen LogP contribution is -2.15. The fraction of sp³-hybridized carbons (Fsp3) is 0.250. The number of esters is 1. The van der Waals surface area contributed by atoms with Crippen molar-refractivity contribution in [2.45, 2.75) is 13.8 Å². The number of nitrogens with zero attached hydrogens (tertiary/aromatic N) is 1. The minimum absolute atomic E-state index is 0.0475. The van der Waals surface area contributed by atoms with Gasteiger partial charge in [0.15, 0.2) is 6.61 Å². The number of Topliss-reactive ketones (excluding diaryl/α,β-unsaturated/α-hetero) is 1. The predicted octanol–water partition coefficient (Wildman–Crippen LogP) is 2.39. The summed E-state index contributed by atoms with van der Waals surface area (Å²) in [5, 5.41) is 9.56. The van der Waals surface area contributed by atoms with E-state index in [4.69, 9.17) is 4.74 Å². The van der Waals surface area contributed by atoms with Crippen molar-refractivity contribution >= 4 is 11.8 Å². The topological polar surface area (TPSA) is 68.5 Å². The van der Waals surface area contributed by atoms with Crippen LogP contribution in [-0.2, 0) is 11.8 Å². The van der Waals surface area contributed by atoms with Gasteiger partial charge in [0.25, 0.3) is 0 Å². The minimum Gasteiger partial charge on any atom is -0.507 e. The van der Waals surface area contributed by atoms with Crippen molar-refractivity contribution in [1.29, 1.82) is 0 Å². The van der Waals surface area contributed by atoms with Crippen LogP contribution in [0.3, 0.4) is 0 Å². The number of phenolic OH excluding ortho intramolecular Hbond substituents is 1. The smallest absolute Gasteiger partial charge is 0.342 e. The van der Waals surface area contributed by atoms with E-state index in [0.717, 1.165) is 11.4 Å². The van der Waals surface area contributed by atoms with Gasteiger partial charge in [-0.3, -0.25) is 4.79 Å². The van der Waals surface area contributed by atoms with E-state index in [2.05, 4.69) is 0 Å². The lowest BCUT2D eigenvalue weighted by atomic mass is 10.1. The third-order valence-electron chi connectivity index (χ3n) is 3.53. The average molecular weight is 287 g/mol. The molecule has 1 aromatic heterocycles. The van der Waals surface area contributed by atoms with Crippen LogP contribution in [0.5, 0.6) is 5.75 Å². The molecule has 1 N–H and O–H groups in total. The highest BCUT2D eigenvalue weighted by Gasteiger charge is 2.17. The number of aromatic nitrogens is 1. The molecule has 0 fully saturated rings. The summed E-state index contributed by atoms with van der Waals surface area (Å²) in [4.78, 5) is 23.9. The molecule has 0 saturated carbocycles. The number of para-hydroxylation sites is 1. The first-order valence-corrected chi connectivity index (χ1v) is 6.53. The third-order valence-corrected chi connectivity index (χ3v) is 3.53. The highest BCUT2D eigenvalue weighted by atomic mass is 16.5.